The third-order valence-electron chi connectivity index (χ3n) is 1.36. The average Bonchev–Trinajstić information content (AvgIpc) is 1.83. The van der Waals surface area contributed by atoms with Gasteiger partial charge in [0.05, 0.1) is 12.6 Å². The number of hydrogen-bond donors (Lipinski definition) is 3. The van der Waals surface area contributed by atoms with Crippen molar-refractivity contribution in [3.8, 4) is 0 Å². The molecule has 0 aliphatic carbocycles. The first-order valence-electron chi connectivity index (χ1n) is 2.83. The number of nitrogens with two attached hydrogens (primary N) is 1. The molecule has 0 radical (unpaired) electrons. The lowest BCUT2D eigenvalue weighted by molar-refractivity contribution is 0.0180. The van der Waals surface area contributed by atoms with E-state index < -0.39 is 18.2 Å². The van der Waals surface area contributed by atoms with Crippen LogP contribution in [0.4, 0.5) is 0 Å². The molecule has 0 aromatic rings. The van der Waals surface area contributed by atoms with Crippen LogP contribution < -0.4 is 5.73 Å². The summed E-state index contributed by atoms with van der Waals surface area (Å²) in [6.07, 6.45) is -0.176. The minimum Gasteiger partial charge on any atom is -0.388 e. The molecule has 0 bridgehead atoms. The van der Waals surface area contributed by atoms with Crippen LogP contribution in [-0.2, 0) is 0 Å². The van der Waals surface area contributed by atoms with E-state index in [0.717, 1.165) is 0 Å². The van der Waals surface area contributed by atoms with Crippen molar-refractivity contribution in [2.75, 3.05) is 6.54 Å². The van der Waals surface area contributed by atoms with Crippen LogP contribution in [0, 0.1) is 0 Å². The van der Waals surface area contributed by atoms with Crippen molar-refractivity contribution >= 4 is 6.21 Å². The molecule has 1 aliphatic heterocycles. The minimum atomic E-state index is -0.845. The van der Waals surface area contributed by atoms with E-state index in [9.17, 15) is 0 Å². The lowest BCUT2D eigenvalue weighted by Crippen LogP contribution is -2.48. The summed E-state index contributed by atoms with van der Waals surface area (Å²) in [6, 6.07) is -0.506. The number of aliphatic hydroxyl groups excluding tert-OH is 2. The summed E-state index contributed by atoms with van der Waals surface area (Å²) in [5.74, 6) is 0. The second-order valence-corrected chi connectivity index (χ2v) is 2.15. The van der Waals surface area contributed by atoms with E-state index >= 15 is 0 Å². The molecule has 4 nitrogen and oxygen atoms in total. The molecule has 1 rings (SSSR count). The summed E-state index contributed by atoms with van der Waals surface area (Å²) in [5.41, 5.74) is 5.31. The Hall–Kier alpha value is -0.450. The molecule has 4 N–H and O–H groups in total. The molecular weight excluding hydrogens is 120 g/mol. The van der Waals surface area contributed by atoms with Crippen LogP contribution in [0.2, 0.25) is 0 Å². The zero-order valence-electron chi connectivity index (χ0n) is 4.94. The molecule has 3 atom stereocenters. The Labute approximate surface area is 53.0 Å². The smallest absolute Gasteiger partial charge is 0.102 e. The van der Waals surface area contributed by atoms with Gasteiger partial charge in [0, 0.05) is 6.21 Å². The Bertz CT molecular complexity index is 126. The van der Waals surface area contributed by atoms with Gasteiger partial charge >= 0.3 is 0 Å². The largest absolute Gasteiger partial charge is 0.388 e. The topological polar surface area (TPSA) is 78.8 Å². The molecule has 0 saturated heterocycles. The maximum Gasteiger partial charge on any atom is 0.102 e. The SMILES string of the molecule is NC1C=NCC(O)C1O. The first kappa shape index (κ1) is 6.67. The number of nitrogens with zero attached hydrogens (tertiary/aromatic N) is 1. The first-order valence-corrected chi connectivity index (χ1v) is 2.83. The minimum absolute atomic E-state index is 0.259. The van der Waals surface area contributed by atoms with E-state index in [1.54, 1.807) is 0 Å². The van der Waals surface area contributed by atoms with Gasteiger partial charge in [0.1, 0.15) is 12.2 Å². The second-order valence-electron chi connectivity index (χ2n) is 2.15. The van der Waals surface area contributed by atoms with E-state index in [2.05, 4.69) is 4.99 Å². The fourth-order valence-electron chi connectivity index (χ4n) is 0.743. The molecule has 0 saturated carbocycles. The Balaban J connectivity index is 2.58. The number of rotatable bonds is 0. The molecule has 1 aliphatic rings. The summed E-state index contributed by atoms with van der Waals surface area (Å²) in [6.45, 7) is 0.259. The predicted molar refractivity (Wildman–Crippen MR) is 33.3 cm³/mol. The van der Waals surface area contributed by atoms with Gasteiger partial charge in [-0.15, -0.1) is 0 Å². The van der Waals surface area contributed by atoms with E-state index in [0.29, 0.717) is 0 Å². The third-order valence-corrected chi connectivity index (χ3v) is 1.36. The highest BCUT2D eigenvalue weighted by atomic mass is 16.3. The van der Waals surface area contributed by atoms with Crippen LogP contribution >= 0.6 is 0 Å². The molecule has 4 heteroatoms. The molecule has 0 fully saturated rings. The Morgan fingerprint density at radius 1 is 1.56 bits per heavy atom. The molecule has 52 valence electrons. The Kier molecular flexibility index (Phi) is 1.80. The lowest BCUT2D eigenvalue weighted by atomic mass is 10.1. The van der Waals surface area contributed by atoms with Crippen LogP contribution in [0.1, 0.15) is 0 Å². The average molecular weight is 130 g/mol. The molecule has 1 heterocycles. The Morgan fingerprint density at radius 2 is 2.22 bits per heavy atom. The third kappa shape index (κ3) is 1.27. The van der Waals surface area contributed by atoms with Gasteiger partial charge in [-0.1, -0.05) is 0 Å². The summed E-state index contributed by atoms with van der Waals surface area (Å²) >= 11 is 0. The fraction of sp³-hybridized carbons (Fsp3) is 0.800. The molecule has 0 aromatic carbocycles. The molecule has 0 amide bonds. The normalized spacial score (nSPS) is 43.2. The second kappa shape index (κ2) is 2.43. The zero-order valence-corrected chi connectivity index (χ0v) is 4.94. The van der Waals surface area contributed by atoms with Gasteiger partial charge in [-0.2, -0.15) is 0 Å². The predicted octanol–water partition coefficient (Wildman–Crippen LogP) is -1.88. The summed E-state index contributed by atoms with van der Waals surface area (Å²) in [4.78, 5) is 3.73. The molecule has 9 heavy (non-hydrogen) atoms. The van der Waals surface area contributed by atoms with Gasteiger partial charge in [0.15, 0.2) is 0 Å². The van der Waals surface area contributed by atoms with Crippen LogP contribution in [-0.4, -0.2) is 41.2 Å². The number of aliphatic imine (C=N–C) groups is 1. The van der Waals surface area contributed by atoms with Crippen molar-refractivity contribution in [2.24, 2.45) is 10.7 Å². The van der Waals surface area contributed by atoms with Crippen molar-refractivity contribution in [2.45, 2.75) is 18.2 Å². The van der Waals surface area contributed by atoms with Gasteiger partial charge in [0.2, 0.25) is 0 Å². The van der Waals surface area contributed by atoms with Crippen molar-refractivity contribution in [3.05, 3.63) is 0 Å². The van der Waals surface area contributed by atoms with Gasteiger partial charge in [0.25, 0.3) is 0 Å². The molecular formula is C5H10N2O2. The van der Waals surface area contributed by atoms with Crippen molar-refractivity contribution in [3.63, 3.8) is 0 Å². The van der Waals surface area contributed by atoms with Gasteiger partial charge in [-0.3, -0.25) is 4.99 Å². The highest BCUT2D eigenvalue weighted by Gasteiger charge is 2.24. The standard InChI is InChI=1S/C5H10N2O2/c6-3-1-7-2-4(8)5(3)9/h1,3-5,8-9H,2,6H2. The lowest BCUT2D eigenvalue weighted by Gasteiger charge is -2.23. The van der Waals surface area contributed by atoms with E-state index in [-0.39, 0.29) is 6.54 Å². The molecule has 3 unspecified atom stereocenters. The van der Waals surface area contributed by atoms with E-state index in [1.165, 1.54) is 6.21 Å². The van der Waals surface area contributed by atoms with Gasteiger partial charge < -0.3 is 15.9 Å². The molecule has 0 aromatic heterocycles. The molecule has 0 spiro atoms. The summed E-state index contributed by atoms with van der Waals surface area (Å²) in [7, 11) is 0. The van der Waals surface area contributed by atoms with E-state index in [1.807, 2.05) is 0 Å². The maximum atomic E-state index is 8.98. The Morgan fingerprint density at radius 3 is 2.67 bits per heavy atom. The fourth-order valence-corrected chi connectivity index (χ4v) is 0.743. The quantitative estimate of drug-likeness (QED) is 0.359. The highest BCUT2D eigenvalue weighted by molar-refractivity contribution is 5.66. The van der Waals surface area contributed by atoms with Crippen LogP contribution in [0.15, 0.2) is 4.99 Å². The highest BCUT2D eigenvalue weighted by Crippen LogP contribution is 2.01. The van der Waals surface area contributed by atoms with Crippen LogP contribution in [0.5, 0.6) is 0 Å². The van der Waals surface area contributed by atoms with Crippen LogP contribution in [0.25, 0.3) is 0 Å². The van der Waals surface area contributed by atoms with Crippen molar-refractivity contribution in [1.82, 2.24) is 0 Å². The van der Waals surface area contributed by atoms with Crippen LogP contribution in [0.3, 0.4) is 0 Å². The number of aliphatic hydroxyl groups is 2. The van der Waals surface area contributed by atoms with Crippen molar-refractivity contribution < 1.29 is 10.2 Å². The number of hydrogen-bond acceptors (Lipinski definition) is 4. The van der Waals surface area contributed by atoms with E-state index in [4.69, 9.17) is 15.9 Å². The van der Waals surface area contributed by atoms with Gasteiger partial charge in [-0.25, -0.2) is 0 Å². The van der Waals surface area contributed by atoms with Crippen molar-refractivity contribution in [1.29, 1.82) is 0 Å². The van der Waals surface area contributed by atoms with Gasteiger partial charge in [-0.05, 0) is 0 Å². The summed E-state index contributed by atoms with van der Waals surface area (Å²) < 4.78 is 0. The monoisotopic (exact) mass is 130 g/mol. The summed E-state index contributed by atoms with van der Waals surface area (Å²) in [5, 5.41) is 17.9. The maximum absolute atomic E-state index is 8.98. The zero-order chi connectivity index (χ0) is 6.85. The first-order chi connectivity index (χ1) is 4.22.